The summed E-state index contributed by atoms with van der Waals surface area (Å²) in [6.45, 7) is 6.57. The van der Waals surface area contributed by atoms with Gasteiger partial charge in [-0.25, -0.2) is 12.7 Å². The fourth-order valence-corrected chi connectivity index (χ4v) is 6.81. The second kappa shape index (κ2) is 12.2. The molecule has 220 valence electrons. The van der Waals surface area contributed by atoms with Crippen LogP contribution in [0.3, 0.4) is 0 Å². The topological polar surface area (TPSA) is 137 Å². The van der Waals surface area contributed by atoms with Crippen LogP contribution in [0.4, 0.5) is 5.95 Å². The minimum atomic E-state index is -4.19. The zero-order valence-electron chi connectivity index (χ0n) is 23.8. The average Bonchev–Trinajstić information content (AvgIpc) is 3.53. The summed E-state index contributed by atoms with van der Waals surface area (Å²) in [6, 6.07) is 10.7. The molecule has 4 rings (SSSR count). The van der Waals surface area contributed by atoms with Crippen molar-refractivity contribution in [3.63, 3.8) is 0 Å². The van der Waals surface area contributed by atoms with Crippen molar-refractivity contribution in [2.24, 2.45) is 7.05 Å². The van der Waals surface area contributed by atoms with Crippen molar-refractivity contribution in [3.05, 3.63) is 59.5 Å². The molecule has 3 aromatic heterocycles. The highest BCUT2D eigenvalue weighted by atomic mass is 35.5. The Morgan fingerprint density at radius 3 is 2.29 bits per heavy atom. The molecule has 15 heteroatoms. The molecule has 3 heterocycles. The highest BCUT2D eigenvalue weighted by Gasteiger charge is 2.35. The predicted octanol–water partition coefficient (Wildman–Crippen LogP) is 3.94. The molecule has 0 saturated carbocycles. The number of aryl methyl sites for hydroxylation is 1. The van der Waals surface area contributed by atoms with Gasteiger partial charge in [-0.05, 0) is 36.4 Å². The molecule has 41 heavy (non-hydrogen) atoms. The molecule has 0 spiro atoms. The van der Waals surface area contributed by atoms with Gasteiger partial charge >= 0.3 is 0 Å². The van der Waals surface area contributed by atoms with Gasteiger partial charge in [0, 0.05) is 34.1 Å². The van der Waals surface area contributed by atoms with Gasteiger partial charge in [-0.3, -0.25) is 14.2 Å². The number of benzene rings is 1. The number of hydrogen-bond donors (Lipinski definition) is 1. The van der Waals surface area contributed by atoms with E-state index in [4.69, 9.17) is 21.1 Å². The predicted molar refractivity (Wildman–Crippen MR) is 160 cm³/mol. The van der Waals surface area contributed by atoms with Gasteiger partial charge in [-0.2, -0.15) is 5.10 Å². The SMILES string of the molecule is COc1cccc(OC)c1-n1c(-c2ccn(C)n2)nnc1N(CC[Si](C)(C)C)S(=O)(=O)CC(O)c1ccc(Cl)cn1. The van der Waals surface area contributed by atoms with Gasteiger partial charge in [0.2, 0.25) is 16.0 Å². The molecule has 0 radical (unpaired) electrons. The van der Waals surface area contributed by atoms with Crippen molar-refractivity contribution in [1.29, 1.82) is 0 Å². The van der Waals surface area contributed by atoms with Crippen molar-refractivity contribution in [2.75, 3.05) is 30.8 Å². The van der Waals surface area contributed by atoms with E-state index in [2.05, 4.69) is 39.9 Å². The quantitative estimate of drug-likeness (QED) is 0.234. The van der Waals surface area contributed by atoms with E-state index in [0.29, 0.717) is 33.9 Å². The minimum Gasteiger partial charge on any atom is -0.494 e. The van der Waals surface area contributed by atoms with Crippen molar-refractivity contribution in [3.8, 4) is 28.7 Å². The monoisotopic (exact) mass is 619 g/mol. The molecule has 0 amide bonds. The molecule has 1 unspecified atom stereocenters. The van der Waals surface area contributed by atoms with Crippen LogP contribution in [0.25, 0.3) is 17.2 Å². The molecule has 1 atom stereocenters. The molecule has 0 fully saturated rings. The summed E-state index contributed by atoms with van der Waals surface area (Å²) in [6.07, 6.45) is 1.71. The standard InChI is InChI=1S/C26H34ClN7O5SSi/c1-32-13-12-20(31-32)25-29-30-26(34(25)24-22(38-2)8-7-9-23(24)39-3)33(14-15-41(4,5)6)40(36,37)17-21(35)19-11-10-18(27)16-28-19/h7-13,16,21,35H,14-15,17H2,1-6H3. The molecule has 0 aliphatic carbocycles. The fourth-order valence-electron chi connectivity index (χ4n) is 4.16. The third-order valence-corrected chi connectivity index (χ3v) is 10.00. The summed E-state index contributed by atoms with van der Waals surface area (Å²) in [4.78, 5) is 4.10. The summed E-state index contributed by atoms with van der Waals surface area (Å²) < 4.78 is 44.0. The maximum Gasteiger partial charge on any atom is 0.246 e. The summed E-state index contributed by atoms with van der Waals surface area (Å²) in [5, 5.41) is 24.6. The van der Waals surface area contributed by atoms with E-state index in [9.17, 15) is 13.5 Å². The maximum absolute atomic E-state index is 14.1. The summed E-state index contributed by atoms with van der Waals surface area (Å²) in [5.74, 6) is 0.493. The zero-order chi connectivity index (χ0) is 29.9. The second-order valence-electron chi connectivity index (χ2n) is 10.6. The lowest BCUT2D eigenvalue weighted by molar-refractivity contribution is 0.196. The Morgan fingerprint density at radius 2 is 1.76 bits per heavy atom. The third-order valence-electron chi connectivity index (χ3n) is 6.30. The van der Waals surface area contributed by atoms with Crippen molar-refractivity contribution in [2.45, 2.75) is 31.8 Å². The van der Waals surface area contributed by atoms with Crippen LogP contribution in [0.15, 0.2) is 48.8 Å². The lowest BCUT2D eigenvalue weighted by atomic mass is 10.2. The Labute approximate surface area is 245 Å². The van der Waals surface area contributed by atoms with Crippen LogP contribution >= 0.6 is 11.6 Å². The highest BCUT2D eigenvalue weighted by molar-refractivity contribution is 7.92. The van der Waals surface area contributed by atoms with Crippen LogP contribution < -0.4 is 13.8 Å². The van der Waals surface area contributed by atoms with Crippen molar-refractivity contribution >= 4 is 35.6 Å². The number of para-hydroxylation sites is 1. The lowest BCUT2D eigenvalue weighted by Crippen LogP contribution is -2.40. The number of ether oxygens (including phenoxy) is 2. The average molecular weight is 620 g/mol. The molecular weight excluding hydrogens is 586 g/mol. The Hall–Kier alpha value is -3.46. The number of aliphatic hydroxyl groups is 1. The Morgan fingerprint density at radius 1 is 1.07 bits per heavy atom. The van der Waals surface area contributed by atoms with E-state index in [1.165, 1.54) is 30.8 Å². The van der Waals surface area contributed by atoms with Gasteiger partial charge in [-0.15, -0.1) is 10.2 Å². The lowest BCUT2D eigenvalue weighted by Gasteiger charge is -2.28. The van der Waals surface area contributed by atoms with E-state index in [1.807, 2.05) is 0 Å². The van der Waals surface area contributed by atoms with E-state index in [0.717, 1.165) is 0 Å². The van der Waals surface area contributed by atoms with E-state index in [-0.39, 0.29) is 24.0 Å². The van der Waals surface area contributed by atoms with Gasteiger partial charge < -0.3 is 14.6 Å². The van der Waals surface area contributed by atoms with Crippen LogP contribution in [0.5, 0.6) is 11.5 Å². The first-order chi connectivity index (χ1) is 19.3. The largest absolute Gasteiger partial charge is 0.494 e. The van der Waals surface area contributed by atoms with Gasteiger partial charge in [0.15, 0.2) is 5.82 Å². The first kappa shape index (κ1) is 30.5. The smallest absolute Gasteiger partial charge is 0.246 e. The number of nitrogens with zero attached hydrogens (tertiary/aromatic N) is 7. The van der Waals surface area contributed by atoms with E-state index < -0.39 is 30.0 Å². The Bertz CT molecular complexity index is 1580. The number of aromatic nitrogens is 6. The number of anilines is 1. The van der Waals surface area contributed by atoms with Gasteiger partial charge in [0.05, 0.1) is 24.9 Å². The highest BCUT2D eigenvalue weighted by Crippen LogP contribution is 2.39. The number of hydrogen-bond acceptors (Lipinski definition) is 9. The van der Waals surface area contributed by atoms with E-state index >= 15 is 0 Å². The third kappa shape index (κ3) is 6.89. The molecule has 0 saturated heterocycles. The van der Waals surface area contributed by atoms with Crippen LogP contribution in [0.1, 0.15) is 11.8 Å². The first-order valence-electron chi connectivity index (χ1n) is 12.8. The molecule has 1 N–H and O–H groups in total. The van der Waals surface area contributed by atoms with Gasteiger partial charge in [0.25, 0.3) is 0 Å². The van der Waals surface area contributed by atoms with E-state index in [1.54, 1.807) is 52.8 Å². The second-order valence-corrected chi connectivity index (χ2v) is 18.6. The van der Waals surface area contributed by atoms with Gasteiger partial charge in [0.1, 0.15) is 34.7 Å². The minimum absolute atomic E-state index is 0.0166. The molecule has 4 aromatic rings. The Kier molecular flexibility index (Phi) is 9.06. The summed E-state index contributed by atoms with van der Waals surface area (Å²) >= 11 is 5.93. The molecular formula is C26H34ClN7O5SSi. The fraction of sp³-hybridized carbons (Fsp3) is 0.385. The summed E-state index contributed by atoms with van der Waals surface area (Å²) in [5.41, 5.74) is 1.06. The van der Waals surface area contributed by atoms with Crippen LogP contribution in [-0.4, -0.2) is 77.6 Å². The molecule has 12 nitrogen and oxygen atoms in total. The zero-order valence-corrected chi connectivity index (χ0v) is 26.4. The number of methoxy groups -OCH3 is 2. The van der Waals surface area contributed by atoms with Crippen LogP contribution in [0.2, 0.25) is 30.7 Å². The van der Waals surface area contributed by atoms with Gasteiger partial charge in [-0.1, -0.05) is 37.3 Å². The molecule has 1 aromatic carbocycles. The maximum atomic E-state index is 14.1. The van der Waals surface area contributed by atoms with Crippen LogP contribution in [0, 0.1) is 0 Å². The molecule has 0 bridgehead atoms. The van der Waals surface area contributed by atoms with Crippen LogP contribution in [-0.2, 0) is 17.1 Å². The normalized spacial score (nSPS) is 12.8. The Balaban J connectivity index is 1.92. The van der Waals surface area contributed by atoms with Crippen molar-refractivity contribution in [1.82, 2.24) is 29.5 Å². The number of rotatable bonds is 12. The summed E-state index contributed by atoms with van der Waals surface area (Å²) in [7, 11) is -1.14. The number of pyridine rings is 1. The number of sulfonamides is 1. The van der Waals surface area contributed by atoms with Crippen molar-refractivity contribution < 1.29 is 23.0 Å². The number of aliphatic hydroxyl groups excluding tert-OH is 1. The molecule has 0 aliphatic rings. The number of halogens is 1. The first-order valence-corrected chi connectivity index (χ1v) is 18.5. The molecule has 0 aliphatic heterocycles.